The summed E-state index contributed by atoms with van der Waals surface area (Å²) in [6.45, 7) is 4.13. The van der Waals surface area contributed by atoms with Crippen molar-refractivity contribution in [2.45, 2.75) is 39.5 Å². The molecule has 0 spiro atoms. The standard InChI is InChI=1S/C10H21NO4S/c1-3-8-16(14,15)11-7-6-9(2)4-5-10(12)13/h9,11H,3-8H2,1-2H3,(H,12,13). The molecule has 96 valence electrons. The van der Waals surface area contributed by atoms with E-state index in [9.17, 15) is 13.2 Å². The Bertz CT molecular complexity index is 300. The quantitative estimate of drug-likeness (QED) is 0.645. The number of hydrogen-bond acceptors (Lipinski definition) is 3. The molecule has 0 saturated carbocycles. The van der Waals surface area contributed by atoms with Crippen LogP contribution in [0.1, 0.15) is 39.5 Å². The van der Waals surface area contributed by atoms with E-state index in [0.717, 1.165) is 0 Å². The zero-order chi connectivity index (χ0) is 12.6. The van der Waals surface area contributed by atoms with Gasteiger partial charge in [-0.25, -0.2) is 13.1 Å². The maximum atomic E-state index is 11.3. The minimum absolute atomic E-state index is 0.142. The molecule has 5 nitrogen and oxygen atoms in total. The van der Waals surface area contributed by atoms with Gasteiger partial charge in [-0.1, -0.05) is 13.8 Å². The Balaban J connectivity index is 3.69. The molecule has 6 heteroatoms. The fraction of sp³-hybridized carbons (Fsp3) is 0.900. The minimum Gasteiger partial charge on any atom is -0.481 e. The number of carboxylic acid groups (broad SMARTS) is 1. The third kappa shape index (κ3) is 8.67. The van der Waals surface area contributed by atoms with Crippen LogP contribution in [0.15, 0.2) is 0 Å². The fourth-order valence-corrected chi connectivity index (χ4v) is 2.43. The molecular weight excluding hydrogens is 230 g/mol. The molecule has 0 fully saturated rings. The number of hydrogen-bond donors (Lipinski definition) is 2. The molecule has 0 aliphatic carbocycles. The van der Waals surface area contributed by atoms with E-state index in [1.807, 2.05) is 13.8 Å². The summed E-state index contributed by atoms with van der Waals surface area (Å²) in [7, 11) is -3.12. The summed E-state index contributed by atoms with van der Waals surface area (Å²) >= 11 is 0. The van der Waals surface area contributed by atoms with Gasteiger partial charge in [0, 0.05) is 13.0 Å². The number of carbonyl (C=O) groups is 1. The molecule has 1 atom stereocenters. The van der Waals surface area contributed by atoms with Gasteiger partial charge in [-0.05, 0) is 25.2 Å². The Kier molecular flexibility index (Phi) is 7.33. The van der Waals surface area contributed by atoms with Crippen LogP contribution in [0.5, 0.6) is 0 Å². The number of rotatable bonds is 9. The molecule has 0 radical (unpaired) electrons. The van der Waals surface area contributed by atoms with Gasteiger partial charge in [0.25, 0.3) is 0 Å². The molecule has 0 aromatic rings. The second-order valence-corrected chi connectivity index (χ2v) is 5.97. The maximum Gasteiger partial charge on any atom is 0.303 e. The monoisotopic (exact) mass is 251 g/mol. The predicted molar refractivity (Wildman–Crippen MR) is 62.7 cm³/mol. The summed E-state index contributed by atoms with van der Waals surface area (Å²) in [5.41, 5.74) is 0. The van der Waals surface area contributed by atoms with Crippen molar-refractivity contribution in [2.24, 2.45) is 5.92 Å². The van der Waals surface area contributed by atoms with E-state index in [1.54, 1.807) is 0 Å². The summed E-state index contributed by atoms with van der Waals surface area (Å²) in [6, 6.07) is 0. The molecule has 0 aliphatic rings. The van der Waals surface area contributed by atoms with Crippen LogP contribution in [0.2, 0.25) is 0 Å². The van der Waals surface area contributed by atoms with Crippen molar-refractivity contribution in [2.75, 3.05) is 12.3 Å². The van der Waals surface area contributed by atoms with E-state index in [2.05, 4.69) is 4.72 Å². The highest BCUT2D eigenvalue weighted by atomic mass is 32.2. The Labute approximate surface area is 97.3 Å². The highest BCUT2D eigenvalue weighted by molar-refractivity contribution is 7.89. The molecule has 0 aliphatic heterocycles. The number of aliphatic carboxylic acids is 1. The third-order valence-corrected chi connectivity index (χ3v) is 3.87. The number of sulfonamides is 1. The van der Waals surface area contributed by atoms with Crippen molar-refractivity contribution < 1.29 is 18.3 Å². The lowest BCUT2D eigenvalue weighted by molar-refractivity contribution is -0.137. The smallest absolute Gasteiger partial charge is 0.303 e. The Morgan fingerprint density at radius 3 is 2.50 bits per heavy atom. The molecule has 0 heterocycles. The molecule has 0 bridgehead atoms. The van der Waals surface area contributed by atoms with Crippen molar-refractivity contribution in [3.8, 4) is 0 Å². The van der Waals surface area contributed by atoms with Crippen LogP contribution < -0.4 is 4.72 Å². The summed E-state index contributed by atoms with van der Waals surface area (Å²) in [5.74, 6) is -0.435. The molecule has 0 amide bonds. The molecule has 0 aromatic carbocycles. The summed E-state index contributed by atoms with van der Waals surface area (Å²) in [6.07, 6.45) is 2.01. The summed E-state index contributed by atoms with van der Waals surface area (Å²) in [4.78, 5) is 10.3. The molecule has 1 unspecified atom stereocenters. The van der Waals surface area contributed by atoms with Crippen LogP contribution in [0.3, 0.4) is 0 Å². The first-order valence-electron chi connectivity index (χ1n) is 5.56. The van der Waals surface area contributed by atoms with Crippen LogP contribution in [-0.2, 0) is 14.8 Å². The zero-order valence-electron chi connectivity index (χ0n) is 9.90. The van der Waals surface area contributed by atoms with E-state index < -0.39 is 16.0 Å². The summed E-state index contributed by atoms with van der Waals surface area (Å²) in [5, 5.41) is 8.48. The highest BCUT2D eigenvalue weighted by Gasteiger charge is 2.10. The molecule has 16 heavy (non-hydrogen) atoms. The average Bonchev–Trinajstić information content (AvgIpc) is 2.14. The zero-order valence-corrected chi connectivity index (χ0v) is 10.7. The van der Waals surface area contributed by atoms with Crippen molar-refractivity contribution in [3.05, 3.63) is 0 Å². The van der Waals surface area contributed by atoms with Gasteiger partial charge in [0.1, 0.15) is 0 Å². The topological polar surface area (TPSA) is 83.5 Å². The van der Waals surface area contributed by atoms with Gasteiger partial charge in [0.05, 0.1) is 5.75 Å². The fourth-order valence-electron chi connectivity index (χ4n) is 1.32. The second kappa shape index (κ2) is 7.62. The number of nitrogens with one attached hydrogen (secondary N) is 1. The first kappa shape index (κ1) is 15.4. The van der Waals surface area contributed by atoms with Gasteiger partial charge in [-0.2, -0.15) is 0 Å². The van der Waals surface area contributed by atoms with Gasteiger partial charge in [0.2, 0.25) is 10.0 Å². The lowest BCUT2D eigenvalue weighted by atomic mass is 10.0. The predicted octanol–water partition coefficient (Wildman–Crippen LogP) is 1.21. The van der Waals surface area contributed by atoms with Crippen molar-refractivity contribution in [1.82, 2.24) is 4.72 Å². The van der Waals surface area contributed by atoms with Crippen LogP contribution in [0.4, 0.5) is 0 Å². The van der Waals surface area contributed by atoms with Gasteiger partial charge in [-0.15, -0.1) is 0 Å². The maximum absolute atomic E-state index is 11.3. The van der Waals surface area contributed by atoms with E-state index in [4.69, 9.17) is 5.11 Å². The summed E-state index contributed by atoms with van der Waals surface area (Å²) < 4.78 is 25.0. The van der Waals surface area contributed by atoms with Crippen molar-refractivity contribution in [3.63, 3.8) is 0 Å². The van der Waals surface area contributed by atoms with E-state index in [0.29, 0.717) is 25.8 Å². The third-order valence-electron chi connectivity index (χ3n) is 2.28. The first-order chi connectivity index (χ1) is 7.37. The van der Waals surface area contributed by atoms with Gasteiger partial charge in [0.15, 0.2) is 0 Å². The molecule has 0 aromatic heterocycles. The van der Waals surface area contributed by atoms with Gasteiger partial charge >= 0.3 is 5.97 Å². The van der Waals surface area contributed by atoms with E-state index in [1.165, 1.54) is 0 Å². The lowest BCUT2D eigenvalue weighted by Gasteiger charge is -2.10. The second-order valence-electron chi connectivity index (χ2n) is 4.04. The van der Waals surface area contributed by atoms with Crippen LogP contribution >= 0.6 is 0 Å². The average molecular weight is 251 g/mol. The molecule has 2 N–H and O–H groups in total. The molecule has 0 saturated heterocycles. The molecular formula is C10H21NO4S. The van der Waals surface area contributed by atoms with Crippen LogP contribution in [0, 0.1) is 5.92 Å². The van der Waals surface area contributed by atoms with Gasteiger partial charge in [-0.3, -0.25) is 4.79 Å². The van der Waals surface area contributed by atoms with E-state index in [-0.39, 0.29) is 18.1 Å². The Morgan fingerprint density at radius 1 is 1.38 bits per heavy atom. The van der Waals surface area contributed by atoms with E-state index >= 15 is 0 Å². The lowest BCUT2D eigenvalue weighted by Crippen LogP contribution is -2.28. The number of carboxylic acids is 1. The first-order valence-corrected chi connectivity index (χ1v) is 7.21. The molecule has 0 rings (SSSR count). The highest BCUT2D eigenvalue weighted by Crippen LogP contribution is 2.09. The Hall–Kier alpha value is -0.620. The van der Waals surface area contributed by atoms with Crippen LogP contribution in [0.25, 0.3) is 0 Å². The van der Waals surface area contributed by atoms with Gasteiger partial charge < -0.3 is 5.11 Å². The SMILES string of the molecule is CCCS(=O)(=O)NCCC(C)CCC(=O)O. The van der Waals surface area contributed by atoms with Crippen molar-refractivity contribution in [1.29, 1.82) is 0 Å². The van der Waals surface area contributed by atoms with Crippen molar-refractivity contribution >= 4 is 16.0 Å². The Morgan fingerprint density at radius 2 is 2.00 bits per heavy atom. The van der Waals surface area contributed by atoms with Crippen LogP contribution in [-0.4, -0.2) is 31.8 Å². The normalized spacial score (nSPS) is 13.6. The largest absolute Gasteiger partial charge is 0.481 e. The minimum atomic E-state index is -3.12.